The van der Waals surface area contributed by atoms with Gasteiger partial charge in [0.1, 0.15) is 5.75 Å². The molecular formula is C16H22BrF2NO. The first-order chi connectivity index (χ1) is 9.79. The van der Waals surface area contributed by atoms with Crippen molar-refractivity contribution in [3.63, 3.8) is 0 Å². The molecule has 0 atom stereocenters. The van der Waals surface area contributed by atoms with Gasteiger partial charge in [-0.05, 0) is 24.1 Å². The van der Waals surface area contributed by atoms with Gasteiger partial charge in [0.2, 0.25) is 0 Å². The smallest absolute Gasteiger partial charge is 0.387 e. The molecule has 2 nitrogen and oxygen atoms in total. The van der Waals surface area contributed by atoms with Crippen molar-refractivity contribution in [3.05, 3.63) is 33.8 Å². The quantitative estimate of drug-likeness (QED) is 0.730. The molecule has 0 aromatic heterocycles. The predicted octanol–water partition coefficient (Wildman–Crippen LogP) is 5.09. The highest BCUT2D eigenvalue weighted by atomic mass is 79.9. The fourth-order valence-corrected chi connectivity index (χ4v) is 2.16. The molecule has 0 unspecified atom stereocenters. The van der Waals surface area contributed by atoms with E-state index in [1.54, 1.807) is 18.2 Å². The van der Waals surface area contributed by atoms with Crippen molar-refractivity contribution in [3.8, 4) is 5.75 Å². The van der Waals surface area contributed by atoms with E-state index >= 15 is 0 Å². The molecule has 0 bridgehead atoms. The Balaban J connectivity index is 3.09. The zero-order valence-corrected chi connectivity index (χ0v) is 14.4. The van der Waals surface area contributed by atoms with Crippen LogP contribution in [0.4, 0.5) is 8.78 Å². The summed E-state index contributed by atoms with van der Waals surface area (Å²) in [6.45, 7) is 6.20. The SMILES string of the molecule is CC(C)NCC(=Cc1cc(Br)ccc1OC(F)F)C(C)C. The van der Waals surface area contributed by atoms with Crippen LogP contribution in [0.1, 0.15) is 33.3 Å². The van der Waals surface area contributed by atoms with Crippen molar-refractivity contribution in [2.24, 2.45) is 5.92 Å². The van der Waals surface area contributed by atoms with Gasteiger partial charge in [0.15, 0.2) is 0 Å². The molecule has 21 heavy (non-hydrogen) atoms. The van der Waals surface area contributed by atoms with E-state index in [4.69, 9.17) is 0 Å². The van der Waals surface area contributed by atoms with Crippen LogP contribution >= 0.6 is 15.9 Å². The Morgan fingerprint density at radius 2 is 1.95 bits per heavy atom. The Labute approximate surface area is 133 Å². The summed E-state index contributed by atoms with van der Waals surface area (Å²) in [4.78, 5) is 0. The third-order valence-electron chi connectivity index (χ3n) is 2.98. The number of hydrogen-bond acceptors (Lipinski definition) is 2. The van der Waals surface area contributed by atoms with Gasteiger partial charge in [-0.1, -0.05) is 55.3 Å². The Kier molecular flexibility index (Phi) is 7.32. The van der Waals surface area contributed by atoms with E-state index in [0.717, 1.165) is 16.6 Å². The Bertz CT molecular complexity index is 487. The van der Waals surface area contributed by atoms with E-state index in [1.165, 1.54) is 0 Å². The molecule has 0 radical (unpaired) electrons. The van der Waals surface area contributed by atoms with E-state index in [0.29, 0.717) is 17.5 Å². The first-order valence-corrected chi connectivity index (χ1v) is 7.77. The highest BCUT2D eigenvalue weighted by Crippen LogP contribution is 2.28. The van der Waals surface area contributed by atoms with E-state index < -0.39 is 6.61 Å². The molecule has 1 aromatic carbocycles. The fourth-order valence-electron chi connectivity index (χ4n) is 1.78. The molecule has 0 saturated carbocycles. The molecule has 0 aliphatic rings. The van der Waals surface area contributed by atoms with Crippen LogP contribution in [0.25, 0.3) is 6.08 Å². The molecule has 0 fully saturated rings. The minimum atomic E-state index is -2.82. The molecule has 1 rings (SSSR count). The van der Waals surface area contributed by atoms with Crippen molar-refractivity contribution < 1.29 is 13.5 Å². The Hall–Kier alpha value is -0.940. The lowest BCUT2D eigenvalue weighted by Gasteiger charge is -2.16. The van der Waals surface area contributed by atoms with Crippen LogP contribution in [-0.2, 0) is 0 Å². The third-order valence-corrected chi connectivity index (χ3v) is 3.48. The Morgan fingerprint density at radius 1 is 1.29 bits per heavy atom. The van der Waals surface area contributed by atoms with Crippen molar-refractivity contribution >= 4 is 22.0 Å². The van der Waals surface area contributed by atoms with Crippen molar-refractivity contribution in [2.75, 3.05) is 6.54 Å². The van der Waals surface area contributed by atoms with Gasteiger partial charge in [-0.3, -0.25) is 0 Å². The molecule has 1 N–H and O–H groups in total. The summed E-state index contributed by atoms with van der Waals surface area (Å²) in [5.41, 5.74) is 1.79. The van der Waals surface area contributed by atoms with E-state index in [1.807, 2.05) is 6.08 Å². The summed E-state index contributed by atoms with van der Waals surface area (Å²) in [6, 6.07) is 5.40. The van der Waals surface area contributed by atoms with Gasteiger partial charge in [-0.2, -0.15) is 8.78 Å². The molecule has 0 amide bonds. The monoisotopic (exact) mass is 361 g/mol. The van der Waals surface area contributed by atoms with E-state index in [2.05, 4.69) is 53.7 Å². The molecule has 5 heteroatoms. The predicted molar refractivity (Wildman–Crippen MR) is 86.7 cm³/mol. The molecule has 1 aromatic rings. The number of alkyl halides is 2. The first kappa shape index (κ1) is 18.1. The molecule has 118 valence electrons. The van der Waals surface area contributed by atoms with Gasteiger partial charge >= 0.3 is 6.61 Å². The van der Waals surface area contributed by atoms with Gasteiger partial charge in [0, 0.05) is 22.6 Å². The van der Waals surface area contributed by atoms with Gasteiger partial charge in [0.05, 0.1) is 0 Å². The third kappa shape index (κ3) is 6.57. The zero-order chi connectivity index (χ0) is 16.0. The van der Waals surface area contributed by atoms with Crippen LogP contribution < -0.4 is 10.1 Å². The molecular weight excluding hydrogens is 340 g/mol. The topological polar surface area (TPSA) is 21.3 Å². The standard InChI is InChI=1S/C16H22BrF2NO/c1-10(2)13(9-20-11(3)4)7-12-8-14(17)5-6-15(12)21-16(18)19/h5-8,10-11,16,20H,9H2,1-4H3. The number of benzene rings is 1. The number of hydrogen-bond donors (Lipinski definition) is 1. The normalized spacial score (nSPS) is 12.6. The number of rotatable bonds is 7. The molecule has 0 heterocycles. The van der Waals surface area contributed by atoms with Crippen LogP contribution in [0.15, 0.2) is 28.2 Å². The van der Waals surface area contributed by atoms with Crippen LogP contribution in [-0.4, -0.2) is 19.2 Å². The van der Waals surface area contributed by atoms with Gasteiger partial charge in [0.25, 0.3) is 0 Å². The highest BCUT2D eigenvalue weighted by molar-refractivity contribution is 9.10. The van der Waals surface area contributed by atoms with Crippen LogP contribution in [0.2, 0.25) is 0 Å². The highest BCUT2D eigenvalue weighted by Gasteiger charge is 2.11. The lowest BCUT2D eigenvalue weighted by Crippen LogP contribution is -2.26. The average molecular weight is 362 g/mol. The first-order valence-electron chi connectivity index (χ1n) is 6.97. The lowest BCUT2D eigenvalue weighted by atomic mass is 9.99. The van der Waals surface area contributed by atoms with E-state index in [9.17, 15) is 8.78 Å². The second kappa shape index (κ2) is 8.49. The van der Waals surface area contributed by atoms with Gasteiger partial charge < -0.3 is 10.1 Å². The molecule has 0 spiro atoms. The summed E-state index contributed by atoms with van der Waals surface area (Å²) in [5, 5.41) is 3.35. The zero-order valence-electron chi connectivity index (χ0n) is 12.8. The van der Waals surface area contributed by atoms with Gasteiger partial charge in [-0.25, -0.2) is 0 Å². The van der Waals surface area contributed by atoms with Crippen molar-refractivity contribution in [2.45, 2.75) is 40.3 Å². The number of ether oxygens (including phenoxy) is 1. The van der Waals surface area contributed by atoms with Gasteiger partial charge in [-0.15, -0.1) is 0 Å². The van der Waals surface area contributed by atoms with Crippen molar-refractivity contribution in [1.82, 2.24) is 5.32 Å². The van der Waals surface area contributed by atoms with Crippen molar-refractivity contribution in [1.29, 1.82) is 0 Å². The Morgan fingerprint density at radius 3 is 2.48 bits per heavy atom. The summed E-state index contributed by atoms with van der Waals surface area (Å²) < 4.78 is 30.4. The van der Waals surface area contributed by atoms with Crippen LogP contribution in [0.5, 0.6) is 5.75 Å². The minimum Gasteiger partial charge on any atom is -0.434 e. The van der Waals surface area contributed by atoms with Crippen LogP contribution in [0, 0.1) is 5.92 Å². The lowest BCUT2D eigenvalue weighted by molar-refractivity contribution is -0.0500. The maximum absolute atomic E-state index is 12.5. The number of nitrogens with one attached hydrogen (secondary N) is 1. The average Bonchev–Trinajstić information content (AvgIpc) is 2.36. The largest absolute Gasteiger partial charge is 0.434 e. The molecule has 0 aliphatic carbocycles. The maximum atomic E-state index is 12.5. The second-order valence-corrected chi connectivity index (χ2v) is 6.39. The minimum absolute atomic E-state index is 0.191. The van der Waals surface area contributed by atoms with Crippen LogP contribution in [0.3, 0.4) is 0 Å². The summed E-state index contributed by atoms with van der Waals surface area (Å²) in [7, 11) is 0. The second-order valence-electron chi connectivity index (χ2n) is 5.47. The van der Waals surface area contributed by atoms with E-state index in [-0.39, 0.29) is 5.75 Å². The fraction of sp³-hybridized carbons (Fsp3) is 0.500. The summed E-state index contributed by atoms with van der Waals surface area (Å²) in [6.07, 6.45) is 1.92. The molecule has 0 saturated heterocycles. The number of halogens is 3. The summed E-state index contributed by atoms with van der Waals surface area (Å²) >= 11 is 3.36. The molecule has 0 aliphatic heterocycles. The maximum Gasteiger partial charge on any atom is 0.387 e. The summed E-state index contributed by atoms with van der Waals surface area (Å²) in [5.74, 6) is 0.505.